The number of carbonyl (C=O) groups is 1. The third-order valence-electron chi connectivity index (χ3n) is 1.77. The Morgan fingerprint density at radius 2 is 2.43 bits per heavy atom. The average molecular weight is 256 g/mol. The molecule has 0 spiro atoms. The molecule has 2 aromatic heterocycles. The number of halogens is 1. The van der Waals surface area contributed by atoms with Crippen molar-refractivity contribution >= 4 is 21.7 Å². The summed E-state index contributed by atoms with van der Waals surface area (Å²) in [7, 11) is 1.65. The molecule has 72 valence electrons. The van der Waals surface area contributed by atoms with Gasteiger partial charge in [0.15, 0.2) is 5.76 Å². The zero-order valence-corrected chi connectivity index (χ0v) is 8.85. The highest BCUT2D eigenvalue weighted by Crippen LogP contribution is 2.20. The van der Waals surface area contributed by atoms with Crippen molar-refractivity contribution < 1.29 is 9.21 Å². The minimum atomic E-state index is -0.241. The number of nitrogens with zero attached hydrogens (tertiary/aromatic N) is 3. The van der Waals surface area contributed by atoms with Gasteiger partial charge in [-0.15, -0.1) is 5.10 Å². The fraction of sp³-hybridized carbons (Fsp3) is 0.125. The smallest absolute Gasteiger partial charge is 0.248 e. The number of hydrogen-bond acceptors (Lipinski definition) is 4. The average Bonchev–Trinajstić information content (AvgIpc) is 2.73. The zero-order valence-electron chi connectivity index (χ0n) is 7.27. The highest BCUT2D eigenvalue weighted by molar-refractivity contribution is 9.10. The first kappa shape index (κ1) is 9.14. The first-order valence-corrected chi connectivity index (χ1v) is 4.62. The van der Waals surface area contributed by atoms with Crippen LogP contribution >= 0.6 is 15.9 Å². The highest BCUT2D eigenvalue weighted by atomic mass is 79.9. The van der Waals surface area contributed by atoms with E-state index in [-0.39, 0.29) is 11.5 Å². The molecule has 0 saturated heterocycles. The van der Waals surface area contributed by atoms with Gasteiger partial charge in [-0.25, -0.2) is 4.68 Å². The van der Waals surface area contributed by atoms with E-state index in [4.69, 9.17) is 4.42 Å². The van der Waals surface area contributed by atoms with Crippen LogP contribution in [0.15, 0.2) is 27.4 Å². The topological polar surface area (TPSA) is 60.9 Å². The van der Waals surface area contributed by atoms with Crippen molar-refractivity contribution in [3.05, 3.63) is 34.5 Å². The van der Waals surface area contributed by atoms with Crippen LogP contribution < -0.4 is 0 Å². The van der Waals surface area contributed by atoms with E-state index in [0.29, 0.717) is 10.2 Å². The summed E-state index contributed by atoms with van der Waals surface area (Å²) >= 11 is 3.21. The van der Waals surface area contributed by atoms with Gasteiger partial charge in [-0.05, 0) is 22.0 Å². The Balaban J connectivity index is 2.44. The van der Waals surface area contributed by atoms with Gasteiger partial charge in [-0.1, -0.05) is 5.21 Å². The van der Waals surface area contributed by atoms with Gasteiger partial charge in [0.25, 0.3) is 0 Å². The minimum Gasteiger partial charge on any atom is -0.460 e. The highest BCUT2D eigenvalue weighted by Gasteiger charge is 2.19. The molecule has 0 N–H and O–H groups in total. The van der Waals surface area contributed by atoms with E-state index in [9.17, 15) is 4.79 Å². The molecule has 5 nitrogen and oxygen atoms in total. The van der Waals surface area contributed by atoms with Crippen LogP contribution in [0.1, 0.15) is 16.2 Å². The zero-order chi connectivity index (χ0) is 10.1. The van der Waals surface area contributed by atoms with E-state index in [1.54, 1.807) is 13.1 Å². The van der Waals surface area contributed by atoms with Crippen molar-refractivity contribution in [3.8, 4) is 0 Å². The van der Waals surface area contributed by atoms with Crippen molar-refractivity contribution in [2.75, 3.05) is 0 Å². The molecule has 14 heavy (non-hydrogen) atoms. The van der Waals surface area contributed by atoms with Crippen LogP contribution in [0.4, 0.5) is 0 Å². The monoisotopic (exact) mass is 255 g/mol. The second kappa shape index (κ2) is 3.38. The molecule has 0 bridgehead atoms. The molecular formula is C8H6BrN3O2. The molecular weight excluding hydrogens is 250 g/mol. The summed E-state index contributed by atoms with van der Waals surface area (Å²) in [6, 6.07) is 1.66. The number of rotatable bonds is 2. The number of furan rings is 1. The number of ketones is 1. The van der Waals surface area contributed by atoms with E-state index < -0.39 is 0 Å². The van der Waals surface area contributed by atoms with Gasteiger partial charge in [0.05, 0.1) is 16.9 Å². The lowest BCUT2D eigenvalue weighted by atomic mass is 10.2. The molecule has 2 aromatic rings. The molecule has 2 heterocycles. The van der Waals surface area contributed by atoms with Crippen LogP contribution in [0.3, 0.4) is 0 Å². The predicted octanol–water partition coefficient (Wildman–Crippen LogP) is 1.40. The third kappa shape index (κ3) is 1.37. The molecule has 0 aliphatic rings. The second-order valence-corrected chi connectivity index (χ2v) is 3.52. The van der Waals surface area contributed by atoms with Gasteiger partial charge < -0.3 is 4.42 Å². The third-order valence-corrected chi connectivity index (χ3v) is 2.39. The van der Waals surface area contributed by atoms with Gasteiger partial charge in [0, 0.05) is 7.05 Å². The van der Waals surface area contributed by atoms with Crippen LogP contribution in [-0.2, 0) is 7.05 Å². The number of hydrogen-bond donors (Lipinski definition) is 0. The molecule has 0 radical (unpaired) electrons. The number of aryl methyl sites for hydroxylation is 1. The van der Waals surface area contributed by atoms with Crippen LogP contribution in [0, 0.1) is 0 Å². The maximum Gasteiger partial charge on any atom is 0.248 e. The van der Waals surface area contributed by atoms with Crippen LogP contribution in [-0.4, -0.2) is 20.8 Å². The molecule has 0 amide bonds. The van der Waals surface area contributed by atoms with Crippen molar-refractivity contribution in [2.24, 2.45) is 7.05 Å². The van der Waals surface area contributed by atoms with Gasteiger partial charge in [0.2, 0.25) is 5.78 Å². The van der Waals surface area contributed by atoms with E-state index in [0.717, 1.165) is 0 Å². The summed E-state index contributed by atoms with van der Waals surface area (Å²) in [6.45, 7) is 0. The second-order valence-electron chi connectivity index (χ2n) is 2.67. The Kier molecular flexibility index (Phi) is 2.20. The van der Waals surface area contributed by atoms with Gasteiger partial charge in [0.1, 0.15) is 5.69 Å². The first-order valence-electron chi connectivity index (χ1n) is 3.82. The van der Waals surface area contributed by atoms with Crippen molar-refractivity contribution in [3.63, 3.8) is 0 Å². The van der Waals surface area contributed by atoms with Crippen molar-refractivity contribution in [2.45, 2.75) is 0 Å². The fourth-order valence-electron chi connectivity index (χ4n) is 1.07. The largest absolute Gasteiger partial charge is 0.460 e. The van der Waals surface area contributed by atoms with E-state index in [1.807, 2.05) is 0 Å². The van der Waals surface area contributed by atoms with E-state index >= 15 is 0 Å². The normalized spacial score (nSPS) is 10.4. The van der Waals surface area contributed by atoms with Gasteiger partial charge in [-0.2, -0.15) is 0 Å². The van der Waals surface area contributed by atoms with Gasteiger partial charge in [-0.3, -0.25) is 4.79 Å². The van der Waals surface area contributed by atoms with Crippen molar-refractivity contribution in [1.29, 1.82) is 0 Å². The Hall–Kier alpha value is -1.43. The Labute approximate surface area is 87.8 Å². The van der Waals surface area contributed by atoms with Crippen LogP contribution in [0.2, 0.25) is 0 Å². The van der Waals surface area contributed by atoms with Gasteiger partial charge >= 0.3 is 0 Å². The molecule has 6 heteroatoms. The molecule has 0 aliphatic heterocycles. The summed E-state index contributed by atoms with van der Waals surface area (Å²) in [4.78, 5) is 11.8. The minimum absolute atomic E-state index is 0.241. The lowest BCUT2D eigenvalue weighted by molar-refractivity contribution is 0.0999. The summed E-state index contributed by atoms with van der Waals surface area (Å²) in [5.41, 5.74) is 0.389. The molecule has 2 rings (SSSR count). The SMILES string of the molecule is Cn1nncc1C(=O)c1occc1Br. The lowest BCUT2D eigenvalue weighted by Gasteiger charge is -1.96. The Morgan fingerprint density at radius 1 is 1.64 bits per heavy atom. The first-order chi connectivity index (χ1) is 6.70. The molecule has 0 unspecified atom stereocenters. The fourth-order valence-corrected chi connectivity index (χ4v) is 1.45. The van der Waals surface area contributed by atoms with Crippen LogP contribution in [0.25, 0.3) is 0 Å². The molecule has 0 atom stereocenters. The lowest BCUT2D eigenvalue weighted by Crippen LogP contribution is -2.07. The number of carbonyl (C=O) groups excluding carboxylic acids is 1. The maximum atomic E-state index is 11.8. The summed E-state index contributed by atoms with van der Waals surface area (Å²) < 4.78 is 7.07. The standard InChI is InChI=1S/C8H6BrN3O2/c1-12-6(4-10-11-12)7(13)8-5(9)2-3-14-8/h2-4H,1H3. The molecule has 0 fully saturated rings. The van der Waals surface area contributed by atoms with Crippen molar-refractivity contribution in [1.82, 2.24) is 15.0 Å². The molecule has 0 aromatic carbocycles. The van der Waals surface area contributed by atoms with E-state index in [1.165, 1.54) is 17.1 Å². The Morgan fingerprint density at radius 3 is 2.93 bits per heavy atom. The maximum absolute atomic E-state index is 11.8. The summed E-state index contributed by atoms with van der Waals surface area (Å²) in [5.74, 6) is 0.0183. The number of aromatic nitrogens is 3. The van der Waals surface area contributed by atoms with Crippen LogP contribution in [0.5, 0.6) is 0 Å². The molecule has 0 aliphatic carbocycles. The Bertz CT molecular complexity index is 432. The molecule has 0 saturated carbocycles. The van der Waals surface area contributed by atoms with E-state index in [2.05, 4.69) is 26.2 Å². The quantitative estimate of drug-likeness (QED) is 0.762. The summed E-state index contributed by atoms with van der Waals surface area (Å²) in [5, 5.41) is 7.28. The predicted molar refractivity (Wildman–Crippen MR) is 50.8 cm³/mol. The summed E-state index contributed by atoms with van der Waals surface area (Å²) in [6.07, 6.45) is 2.85.